The third-order valence-electron chi connectivity index (χ3n) is 2.82. The Balaban J connectivity index is 2.46. The highest BCUT2D eigenvalue weighted by molar-refractivity contribution is 7.98. The monoisotopic (exact) mass is 294 g/mol. The summed E-state index contributed by atoms with van der Waals surface area (Å²) in [4.78, 5) is 22.8. The van der Waals surface area contributed by atoms with E-state index >= 15 is 0 Å². The fraction of sp³-hybridized carbons (Fsp3) is 0.467. The summed E-state index contributed by atoms with van der Waals surface area (Å²) in [5.41, 5.74) is 1.63. The van der Waals surface area contributed by atoms with Crippen LogP contribution in [-0.4, -0.2) is 30.4 Å². The third-order valence-corrected chi connectivity index (χ3v) is 3.72. The number of rotatable bonds is 7. The highest BCUT2D eigenvalue weighted by atomic mass is 32.2. The van der Waals surface area contributed by atoms with E-state index in [-0.39, 0.29) is 11.8 Å². The Morgan fingerprint density at radius 2 is 1.85 bits per heavy atom. The molecule has 2 N–H and O–H groups in total. The molecule has 0 aromatic heterocycles. The highest BCUT2D eigenvalue weighted by Crippen LogP contribution is 2.06. The van der Waals surface area contributed by atoms with Crippen LogP contribution in [0.15, 0.2) is 24.3 Å². The van der Waals surface area contributed by atoms with E-state index < -0.39 is 0 Å². The Kier molecular flexibility index (Phi) is 7.15. The topological polar surface area (TPSA) is 58.2 Å². The molecule has 4 nitrogen and oxygen atoms in total. The minimum Gasteiger partial charge on any atom is -0.352 e. The van der Waals surface area contributed by atoms with Gasteiger partial charge >= 0.3 is 0 Å². The maximum atomic E-state index is 11.9. The summed E-state index contributed by atoms with van der Waals surface area (Å²) < 4.78 is 0. The summed E-state index contributed by atoms with van der Waals surface area (Å²) >= 11 is 1.78. The summed E-state index contributed by atoms with van der Waals surface area (Å²) in [5.74, 6) is 1.39. The van der Waals surface area contributed by atoms with E-state index in [0.717, 1.165) is 11.3 Å². The highest BCUT2D eigenvalue weighted by Gasteiger charge is 2.07. The molecule has 0 fully saturated rings. The van der Waals surface area contributed by atoms with Crippen LogP contribution in [0, 0.1) is 5.92 Å². The van der Waals surface area contributed by atoms with Crippen LogP contribution < -0.4 is 10.6 Å². The van der Waals surface area contributed by atoms with Crippen molar-refractivity contribution < 1.29 is 9.59 Å². The van der Waals surface area contributed by atoms with Crippen molar-refractivity contribution in [1.29, 1.82) is 0 Å². The van der Waals surface area contributed by atoms with Gasteiger partial charge in [-0.1, -0.05) is 19.1 Å². The Labute approximate surface area is 124 Å². The number of hydrogen-bond acceptors (Lipinski definition) is 3. The van der Waals surface area contributed by atoms with Crippen molar-refractivity contribution in [2.75, 3.05) is 18.6 Å². The zero-order valence-electron chi connectivity index (χ0n) is 12.2. The normalized spacial score (nSPS) is 11.8. The maximum absolute atomic E-state index is 11.9. The molecule has 2 amide bonds. The van der Waals surface area contributed by atoms with Crippen molar-refractivity contribution in [2.45, 2.75) is 20.4 Å². The molecule has 1 aromatic rings. The van der Waals surface area contributed by atoms with Gasteiger partial charge in [-0.05, 0) is 35.6 Å². The van der Waals surface area contributed by atoms with E-state index in [1.807, 2.05) is 12.1 Å². The van der Waals surface area contributed by atoms with E-state index in [2.05, 4.69) is 23.8 Å². The van der Waals surface area contributed by atoms with Crippen LogP contribution in [0.4, 0.5) is 0 Å². The zero-order valence-corrected chi connectivity index (χ0v) is 13.0. The van der Waals surface area contributed by atoms with Crippen molar-refractivity contribution in [3.8, 4) is 0 Å². The van der Waals surface area contributed by atoms with Crippen LogP contribution >= 0.6 is 11.8 Å². The molecule has 0 aliphatic carbocycles. The molecule has 0 radical (unpaired) electrons. The van der Waals surface area contributed by atoms with Gasteiger partial charge in [0.15, 0.2) is 0 Å². The van der Waals surface area contributed by atoms with Crippen molar-refractivity contribution in [3.63, 3.8) is 0 Å². The summed E-state index contributed by atoms with van der Waals surface area (Å²) in [6.45, 7) is 4.78. The Morgan fingerprint density at radius 1 is 1.20 bits per heavy atom. The van der Waals surface area contributed by atoms with Gasteiger partial charge in [0, 0.05) is 25.6 Å². The number of nitrogens with one attached hydrogen (secondary N) is 2. The second kappa shape index (κ2) is 8.64. The molecular formula is C15H22N2O2S. The van der Waals surface area contributed by atoms with Crippen LogP contribution in [0.3, 0.4) is 0 Å². The first-order valence-electron chi connectivity index (χ1n) is 6.63. The second-order valence-electron chi connectivity index (χ2n) is 4.88. The van der Waals surface area contributed by atoms with Crippen molar-refractivity contribution >= 4 is 23.6 Å². The Bertz CT molecular complexity index is 446. The van der Waals surface area contributed by atoms with Crippen LogP contribution in [0.2, 0.25) is 0 Å². The predicted octanol–water partition coefficient (Wildman–Crippen LogP) is 2.05. The van der Waals surface area contributed by atoms with E-state index in [9.17, 15) is 9.59 Å². The molecule has 0 saturated heterocycles. The van der Waals surface area contributed by atoms with Gasteiger partial charge in [-0.2, -0.15) is 11.8 Å². The molecule has 1 unspecified atom stereocenters. The molecule has 0 aliphatic heterocycles. The predicted molar refractivity (Wildman–Crippen MR) is 83.8 cm³/mol. The molecule has 0 bridgehead atoms. The lowest BCUT2D eigenvalue weighted by atomic mass is 10.1. The van der Waals surface area contributed by atoms with Crippen LogP contribution in [0.1, 0.15) is 29.8 Å². The largest absolute Gasteiger partial charge is 0.352 e. The Hall–Kier alpha value is -1.49. The average Bonchev–Trinajstić information content (AvgIpc) is 2.43. The standard InChI is InChI=1S/C15H22N2O2S/c1-11(10-20-3)8-17-15(19)14-6-4-13(5-7-14)9-16-12(2)18/h4-7,11H,8-10H2,1-3H3,(H,16,18)(H,17,19). The third kappa shape index (κ3) is 6.10. The van der Waals surface area contributed by atoms with Gasteiger partial charge in [0.05, 0.1) is 0 Å². The molecule has 1 aromatic carbocycles. The smallest absolute Gasteiger partial charge is 0.251 e. The lowest BCUT2D eigenvalue weighted by Crippen LogP contribution is -2.29. The van der Waals surface area contributed by atoms with Gasteiger partial charge in [-0.3, -0.25) is 9.59 Å². The van der Waals surface area contributed by atoms with E-state index in [4.69, 9.17) is 0 Å². The van der Waals surface area contributed by atoms with Crippen molar-refractivity contribution in [3.05, 3.63) is 35.4 Å². The summed E-state index contributed by atoms with van der Waals surface area (Å²) in [5, 5.41) is 5.65. The number of thioether (sulfide) groups is 1. The minimum atomic E-state index is -0.0606. The lowest BCUT2D eigenvalue weighted by Gasteiger charge is -2.11. The molecule has 0 saturated carbocycles. The van der Waals surface area contributed by atoms with E-state index in [1.54, 1.807) is 23.9 Å². The number of benzene rings is 1. The first-order valence-corrected chi connectivity index (χ1v) is 8.02. The SMILES string of the molecule is CSCC(C)CNC(=O)c1ccc(CNC(C)=O)cc1. The van der Waals surface area contributed by atoms with Gasteiger partial charge in [0.25, 0.3) is 5.91 Å². The van der Waals surface area contributed by atoms with Crippen LogP contribution in [-0.2, 0) is 11.3 Å². The summed E-state index contributed by atoms with van der Waals surface area (Å²) in [6, 6.07) is 7.28. The van der Waals surface area contributed by atoms with Gasteiger partial charge in [0.2, 0.25) is 5.91 Å². The lowest BCUT2D eigenvalue weighted by molar-refractivity contribution is -0.119. The Morgan fingerprint density at radius 3 is 2.40 bits per heavy atom. The molecule has 5 heteroatoms. The van der Waals surface area contributed by atoms with Gasteiger partial charge < -0.3 is 10.6 Å². The zero-order chi connectivity index (χ0) is 15.0. The quantitative estimate of drug-likeness (QED) is 0.809. The first kappa shape index (κ1) is 16.6. The summed E-state index contributed by atoms with van der Waals surface area (Å²) in [7, 11) is 0. The van der Waals surface area contributed by atoms with Crippen molar-refractivity contribution in [1.82, 2.24) is 10.6 Å². The molecule has 110 valence electrons. The number of carbonyl (C=O) groups is 2. The minimum absolute atomic E-state index is 0.0518. The van der Waals surface area contributed by atoms with Gasteiger partial charge in [0.1, 0.15) is 0 Å². The molecular weight excluding hydrogens is 272 g/mol. The maximum Gasteiger partial charge on any atom is 0.251 e. The van der Waals surface area contributed by atoms with Gasteiger partial charge in [-0.15, -0.1) is 0 Å². The number of amides is 2. The molecule has 1 atom stereocenters. The second-order valence-corrected chi connectivity index (χ2v) is 5.79. The van der Waals surface area contributed by atoms with E-state index in [1.165, 1.54) is 6.92 Å². The van der Waals surface area contributed by atoms with Crippen LogP contribution in [0.25, 0.3) is 0 Å². The molecule has 0 aliphatic rings. The first-order chi connectivity index (χ1) is 9.52. The molecule has 0 spiro atoms. The van der Waals surface area contributed by atoms with Crippen LogP contribution in [0.5, 0.6) is 0 Å². The fourth-order valence-electron chi connectivity index (χ4n) is 1.71. The molecule has 0 heterocycles. The summed E-state index contributed by atoms with van der Waals surface area (Å²) in [6.07, 6.45) is 2.06. The average molecular weight is 294 g/mol. The van der Waals surface area contributed by atoms with Crippen molar-refractivity contribution in [2.24, 2.45) is 5.92 Å². The number of hydrogen-bond donors (Lipinski definition) is 2. The molecule has 1 rings (SSSR count). The number of carbonyl (C=O) groups excluding carboxylic acids is 2. The van der Waals surface area contributed by atoms with Gasteiger partial charge in [-0.25, -0.2) is 0 Å². The fourth-order valence-corrected chi connectivity index (χ4v) is 2.40. The molecule has 20 heavy (non-hydrogen) atoms. The van der Waals surface area contributed by atoms with E-state index in [0.29, 0.717) is 24.6 Å².